The summed E-state index contributed by atoms with van der Waals surface area (Å²) in [5.74, 6) is -0.893. The highest BCUT2D eigenvalue weighted by Crippen LogP contribution is 2.44. The zero-order valence-corrected chi connectivity index (χ0v) is 20.6. The van der Waals surface area contributed by atoms with Gasteiger partial charge in [-0.15, -0.1) is 0 Å². The third-order valence-electron chi connectivity index (χ3n) is 6.28. The number of aliphatic carboxylic acids is 1. The summed E-state index contributed by atoms with van der Waals surface area (Å²) < 4.78 is 5.60. The molecule has 0 spiro atoms. The second kappa shape index (κ2) is 12.4. The Bertz CT molecular complexity index is 988. The van der Waals surface area contributed by atoms with Crippen LogP contribution in [-0.2, 0) is 14.3 Å². The van der Waals surface area contributed by atoms with E-state index in [0.29, 0.717) is 13.0 Å². The van der Waals surface area contributed by atoms with Crippen LogP contribution in [0.1, 0.15) is 75.8 Å². The van der Waals surface area contributed by atoms with Crippen LogP contribution >= 0.6 is 0 Å². The molecule has 0 aromatic heterocycles. The normalized spacial score (nSPS) is 12.5. The number of nitrogens with one attached hydrogen (secondary N) is 2. The van der Waals surface area contributed by atoms with Gasteiger partial charge in [-0.3, -0.25) is 9.59 Å². The van der Waals surface area contributed by atoms with Crippen molar-refractivity contribution in [2.45, 2.75) is 70.3 Å². The Kier molecular flexibility index (Phi) is 9.29. The summed E-state index contributed by atoms with van der Waals surface area (Å²) in [4.78, 5) is 35.4. The first kappa shape index (κ1) is 26.3. The number of carbonyl (C=O) groups excluding carboxylic acids is 2. The smallest absolute Gasteiger partial charge is 0.407 e. The Morgan fingerprint density at radius 3 is 2.09 bits per heavy atom. The molecule has 0 saturated carbocycles. The van der Waals surface area contributed by atoms with Crippen molar-refractivity contribution in [3.05, 3.63) is 59.7 Å². The number of unbranched alkanes of at least 4 members (excludes halogenated alkanes) is 4. The molecule has 1 aliphatic carbocycles. The minimum absolute atomic E-state index is 0.0105. The average Bonchev–Trinajstić information content (AvgIpc) is 3.12. The number of hydrogen-bond donors (Lipinski definition) is 3. The third-order valence-corrected chi connectivity index (χ3v) is 6.28. The van der Waals surface area contributed by atoms with Gasteiger partial charge in [0.2, 0.25) is 5.91 Å². The van der Waals surface area contributed by atoms with E-state index in [1.54, 1.807) is 13.8 Å². The summed E-state index contributed by atoms with van der Waals surface area (Å²) in [5, 5.41) is 14.3. The number of benzene rings is 2. The first-order chi connectivity index (χ1) is 16.8. The number of carbonyl (C=O) groups is 3. The molecule has 2 amide bonds. The van der Waals surface area contributed by atoms with E-state index in [2.05, 4.69) is 34.9 Å². The second-order valence-corrected chi connectivity index (χ2v) is 9.77. The van der Waals surface area contributed by atoms with Crippen LogP contribution in [0.25, 0.3) is 11.1 Å². The van der Waals surface area contributed by atoms with E-state index in [4.69, 9.17) is 9.84 Å². The molecule has 2 aromatic rings. The lowest BCUT2D eigenvalue weighted by atomic mass is 9.98. The van der Waals surface area contributed by atoms with Crippen LogP contribution < -0.4 is 10.6 Å². The molecule has 1 aliphatic rings. The van der Waals surface area contributed by atoms with E-state index in [1.165, 1.54) is 11.1 Å². The van der Waals surface area contributed by atoms with Gasteiger partial charge in [0.05, 0.1) is 0 Å². The van der Waals surface area contributed by atoms with Crippen LogP contribution in [0.4, 0.5) is 4.79 Å². The Hall–Kier alpha value is -3.35. The third kappa shape index (κ3) is 7.84. The monoisotopic (exact) mass is 480 g/mol. The van der Waals surface area contributed by atoms with Crippen molar-refractivity contribution in [2.75, 3.05) is 13.2 Å². The maximum atomic E-state index is 12.5. The second-order valence-electron chi connectivity index (χ2n) is 9.77. The van der Waals surface area contributed by atoms with Crippen LogP contribution in [0, 0.1) is 0 Å². The number of carboxylic acid groups (broad SMARTS) is 1. The van der Waals surface area contributed by atoms with E-state index in [-0.39, 0.29) is 31.3 Å². The number of carboxylic acids is 1. The quantitative estimate of drug-likeness (QED) is 0.340. The predicted octanol–water partition coefficient (Wildman–Crippen LogP) is 5.24. The number of rotatable bonds is 13. The zero-order chi connectivity index (χ0) is 25.3. The van der Waals surface area contributed by atoms with Gasteiger partial charge in [-0.1, -0.05) is 67.8 Å². The zero-order valence-electron chi connectivity index (χ0n) is 20.6. The van der Waals surface area contributed by atoms with E-state index < -0.39 is 17.6 Å². The van der Waals surface area contributed by atoms with Crippen LogP contribution in [0.3, 0.4) is 0 Å². The van der Waals surface area contributed by atoms with Crippen LogP contribution in [0.15, 0.2) is 48.5 Å². The molecule has 35 heavy (non-hydrogen) atoms. The molecule has 188 valence electrons. The molecule has 7 heteroatoms. The molecule has 0 radical (unpaired) electrons. The van der Waals surface area contributed by atoms with Crippen LogP contribution in [0.2, 0.25) is 0 Å². The van der Waals surface area contributed by atoms with Crippen molar-refractivity contribution < 1.29 is 24.2 Å². The fourth-order valence-electron chi connectivity index (χ4n) is 4.58. The molecule has 0 heterocycles. The molecule has 3 N–H and O–H groups in total. The number of ether oxygens (including phenoxy) is 1. The molecule has 0 atom stereocenters. The van der Waals surface area contributed by atoms with Gasteiger partial charge in [0.1, 0.15) is 6.61 Å². The molecule has 0 bridgehead atoms. The summed E-state index contributed by atoms with van der Waals surface area (Å²) in [6, 6.07) is 16.4. The van der Waals surface area contributed by atoms with Gasteiger partial charge in [0.25, 0.3) is 0 Å². The average molecular weight is 481 g/mol. The van der Waals surface area contributed by atoms with Crippen molar-refractivity contribution in [1.29, 1.82) is 0 Å². The van der Waals surface area contributed by atoms with Crippen molar-refractivity contribution in [3.63, 3.8) is 0 Å². The Labute approximate surface area is 207 Å². The lowest BCUT2D eigenvalue weighted by Gasteiger charge is -2.25. The first-order valence-corrected chi connectivity index (χ1v) is 12.4. The van der Waals surface area contributed by atoms with Gasteiger partial charge in [-0.05, 0) is 48.9 Å². The van der Waals surface area contributed by atoms with Gasteiger partial charge in [0.15, 0.2) is 0 Å². The van der Waals surface area contributed by atoms with Gasteiger partial charge in [-0.25, -0.2) is 4.79 Å². The van der Waals surface area contributed by atoms with Crippen LogP contribution in [0.5, 0.6) is 0 Å². The predicted molar refractivity (Wildman–Crippen MR) is 135 cm³/mol. The first-order valence-electron chi connectivity index (χ1n) is 12.4. The van der Waals surface area contributed by atoms with Gasteiger partial charge < -0.3 is 20.5 Å². The molecule has 3 rings (SSSR count). The molecule has 0 fully saturated rings. The summed E-state index contributed by atoms with van der Waals surface area (Å²) in [5.41, 5.74) is 3.91. The molecule has 0 aliphatic heterocycles. The Balaban J connectivity index is 1.38. The van der Waals surface area contributed by atoms with Crippen molar-refractivity contribution in [2.24, 2.45) is 0 Å². The SMILES string of the molecule is CC(C)(CC(=O)NCCCCCCCC(=O)O)NC(=O)OCC1c2ccccc2-c2ccccc21. The van der Waals surface area contributed by atoms with E-state index in [0.717, 1.165) is 36.8 Å². The van der Waals surface area contributed by atoms with Gasteiger partial charge in [0, 0.05) is 30.8 Å². The fourth-order valence-corrected chi connectivity index (χ4v) is 4.58. The Morgan fingerprint density at radius 2 is 1.46 bits per heavy atom. The number of amides is 2. The maximum absolute atomic E-state index is 12.5. The summed E-state index contributed by atoms with van der Waals surface area (Å²) >= 11 is 0. The fraction of sp³-hybridized carbons (Fsp3) is 0.464. The number of hydrogen-bond acceptors (Lipinski definition) is 4. The topological polar surface area (TPSA) is 105 Å². The van der Waals surface area contributed by atoms with Crippen molar-refractivity contribution in [3.8, 4) is 11.1 Å². The van der Waals surface area contributed by atoms with E-state index >= 15 is 0 Å². The summed E-state index contributed by atoms with van der Waals surface area (Å²) in [6.45, 7) is 4.40. The molecule has 0 saturated heterocycles. The molecular weight excluding hydrogens is 444 g/mol. The highest BCUT2D eigenvalue weighted by Gasteiger charge is 2.30. The van der Waals surface area contributed by atoms with Gasteiger partial charge >= 0.3 is 12.1 Å². The minimum Gasteiger partial charge on any atom is -0.481 e. The minimum atomic E-state index is -0.758. The lowest BCUT2D eigenvalue weighted by Crippen LogP contribution is -2.47. The largest absolute Gasteiger partial charge is 0.481 e. The van der Waals surface area contributed by atoms with Crippen LogP contribution in [-0.4, -0.2) is 41.8 Å². The highest BCUT2D eigenvalue weighted by molar-refractivity contribution is 5.80. The molecule has 2 aromatic carbocycles. The standard InChI is InChI=1S/C28H36N2O5/c1-28(2,18-25(31)29-17-11-5-3-4-6-16-26(32)33)30-27(34)35-19-24-22-14-9-7-12-20(22)21-13-8-10-15-23(21)24/h7-10,12-15,24H,3-6,11,16-19H2,1-2H3,(H,29,31)(H,30,34)(H,32,33). The Morgan fingerprint density at radius 1 is 0.886 bits per heavy atom. The number of alkyl carbamates (subject to hydrolysis) is 1. The molecule has 7 nitrogen and oxygen atoms in total. The van der Waals surface area contributed by atoms with E-state index in [9.17, 15) is 14.4 Å². The van der Waals surface area contributed by atoms with E-state index in [1.807, 2.05) is 24.3 Å². The maximum Gasteiger partial charge on any atom is 0.407 e. The van der Waals surface area contributed by atoms with Crippen molar-refractivity contribution in [1.82, 2.24) is 10.6 Å². The molecular formula is C28H36N2O5. The number of fused-ring (bicyclic) bond motifs is 3. The molecule has 0 unspecified atom stereocenters. The summed E-state index contributed by atoms with van der Waals surface area (Å²) in [7, 11) is 0. The van der Waals surface area contributed by atoms with Crippen molar-refractivity contribution >= 4 is 18.0 Å². The lowest BCUT2D eigenvalue weighted by molar-refractivity contribution is -0.137. The highest BCUT2D eigenvalue weighted by atomic mass is 16.5. The van der Waals surface area contributed by atoms with Gasteiger partial charge in [-0.2, -0.15) is 0 Å². The summed E-state index contributed by atoms with van der Waals surface area (Å²) in [6.07, 6.45) is 4.15.